The third-order valence-electron chi connectivity index (χ3n) is 5.38. The first-order valence-corrected chi connectivity index (χ1v) is 10.2. The van der Waals surface area contributed by atoms with Crippen LogP contribution < -0.4 is 0 Å². The molecule has 3 atom stereocenters. The van der Waals surface area contributed by atoms with Gasteiger partial charge in [-0.2, -0.15) is 5.06 Å². The maximum Gasteiger partial charge on any atom is 0.179 e. The fourth-order valence-corrected chi connectivity index (χ4v) is 5.31. The van der Waals surface area contributed by atoms with Crippen LogP contribution in [0.5, 0.6) is 0 Å². The molecular formula is C18H27NO3S. The van der Waals surface area contributed by atoms with Gasteiger partial charge in [-0.3, -0.25) is 4.84 Å². The Morgan fingerprint density at radius 3 is 2.61 bits per heavy atom. The summed E-state index contributed by atoms with van der Waals surface area (Å²) in [4.78, 5) is 6.54. The Bertz CT molecular complexity index is 641. The van der Waals surface area contributed by atoms with Crippen molar-refractivity contribution < 1.29 is 13.3 Å². The van der Waals surface area contributed by atoms with Crippen molar-refractivity contribution >= 4 is 9.84 Å². The standard InChI is InChI=1S/C18H27NO3S/c1-14-9-10-16-17(13-14)19(22-18(16,2)3)11-12-23(20,21)15-7-5-4-6-8-15/h4-8,14,16-17H,9-13H2,1-3H3/t14-,16-,17-/m0/s1. The summed E-state index contributed by atoms with van der Waals surface area (Å²) in [6, 6.07) is 9.03. The molecule has 1 aliphatic heterocycles. The predicted octanol–water partition coefficient (Wildman–Crippen LogP) is 3.29. The van der Waals surface area contributed by atoms with E-state index in [2.05, 4.69) is 20.8 Å². The second kappa shape index (κ2) is 6.19. The molecule has 0 unspecified atom stereocenters. The summed E-state index contributed by atoms with van der Waals surface area (Å²) >= 11 is 0. The molecule has 4 nitrogen and oxygen atoms in total. The first-order chi connectivity index (χ1) is 10.8. The van der Waals surface area contributed by atoms with Gasteiger partial charge in [0.25, 0.3) is 0 Å². The van der Waals surface area contributed by atoms with E-state index in [1.807, 2.05) is 11.1 Å². The van der Waals surface area contributed by atoms with Crippen molar-refractivity contribution in [3.8, 4) is 0 Å². The third kappa shape index (κ3) is 3.47. The molecule has 2 fully saturated rings. The van der Waals surface area contributed by atoms with E-state index in [-0.39, 0.29) is 11.4 Å². The van der Waals surface area contributed by atoms with Crippen molar-refractivity contribution in [2.24, 2.45) is 11.8 Å². The number of benzene rings is 1. The minimum atomic E-state index is -3.26. The van der Waals surface area contributed by atoms with Crippen molar-refractivity contribution in [1.82, 2.24) is 5.06 Å². The summed E-state index contributed by atoms with van der Waals surface area (Å²) in [5.74, 6) is 1.28. The van der Waals surface area contributed by atoms with E-state index >= 15 is 0 Å². The summed E-state index contributed by atoms with van der Waals surface area (Å²) < 4.78 is 25.0. The summed E-state index contributed by atoms with van der Waals surface area (Å²) in [5.41, 5.74) is -0.193. The van der Waals surface area contributed by atoms with Gasteiger partial charge in [0.15, 0.2) is 9.84 Å². The molecule has 0 amide bonds. The summed E-state index contributed by atoms with van der Waals surface area (Å²) in [6.07, 6.45) is 3.50. The largest absolute Gasteiger partial charge is 0.292 e. The smallest absolute Gasteiger partial charge is 0.179 e. The van der Waals surface area contributed by atoms with Gasteiger partial charge in [0.1, 0.15) is 0 Å². The van der Waals surface area contributed by atoms with E-state index in [9.17, 15) is 8.42 Å². The number of hydrogen-bond donors (Lipinski definition) is 0. The second-order valence-electron chi connectivity index (χ2n) is 7.56. The zero-order chi connectivity index (χ0) is 16.7. The molecule has 5 heteroatoms. The van der Waals surface area contributed by atoms with Gasteiger partial charge in [0, 0.05) is 18.5 Å². The lowest BCUT2D eigenvalue weighted by Gasteiger charge is -2.34. The van der Waals surface area contributed by atoms with E-state index in [1.165, 1.54) is 12.8 Å². The minimum Gasteiger partial charge on any atom is -0.292 e. The number of fused-ring (bicyclic) bond motifs is 1. The maximum atomic E-state index is 12.5. The van der Waals surface area contributed by atoms with Crippen LogP contribution in [-0.4, -0.2) is 37.4 Å². The minimum absolute atomic E-state index is 0.102. The number of nitrogens with zero attached hydrogens (tertiary/aromatic N) is 1. The molecule has 1 aromatic carbocycles. The van der Waals surface area contributed by atoms with Gasteiger partial charge in [0.05, 0.1) is 16.2 Å². The molecule has 1 saturated heterocycles. The molecule has 1 heterocycles. The van der Waals surface area contributed by atoms with E-state index in [0.717, 1.165) is 6.42 Å². The Labute approximate surface area is 139 Å². The van der Waals surface area contributed by atoms with E-state index in [4.69, 9.17) is 4.84 Å². The van der Waals surface area contributed by atoms with Gasteiger partial charge >= 0.3 is 0 Å². The van der Waals surface area contributed by atoms with Crippen LogP contribution in [0.2, 0.25) is 0 Å². The molecule has 1 aliphatic carbocycles. The maximum absolute atomic E-state index is 12.5. The lowest BCUT2D eigenvalue weighted by molar-refractivity contribution is -0.192. The van der Waals surface area contributed by atoms with Crippen LogP contribution in [0.3, 0.4) is 0 Å². The normalized spacial score (nSPS) is 31.0. The highest BCUT2D eigenvalue weighted by molar-refractivity contribution is 7.91. The van der Waals surface area contributed by atoms with Gasteiger partial charge < -0.3 is 0 Å². The van der Waals surface area contributed by atoms with Crippen LogP contribution in [0, 0.1) is 11.8 Å². The topological polar surface area (TPSA) is 46.6 Å². The van der Waals surface area contributed by atoms with Crippen molar-refractivity contribution in [3.63, 3.8) is 0 Å². The summed E-state index contributed by atoms with van der Waals surface area (Å²) in [7, 11) is -3.26. The van der Waals surface area contributed by atoms with Gasteiger partial charge in [-0.05, 0) is 44.7 Å². The molecule has 0 bridgehead atoms. The fraction of sp³-hybridized carbons (Fsp3) is 0.667. The molecule has 0 spiro atoms. The van der Waals surface area contributed by atoms with Gasteiger partial charge in [-0.15, -0.1) is 0 Å². The van der Waals surface area contributed by atoms with E-state index < -0.39 is 9.84 Å². The Morgan fingerprint density at radius 2 is 1.91 bits per heavy atom. The van der Waals surface area contributed by atoms with E-state index in [1.54, 1.807) is 24.3 Å². The molecule has 0 N–H and O–H groups in total. The van der Waals surface area contributed by atoms with Crippen molar-refractivity contribution in [2.45, 2.75) is 56.6 Å². The van der Waals surface area contributed by atoms with Crippen molar-refractivity contribution in [2.75, 3.05) is 12.3 Å². The summed E-state index contributed by atoms with van der Waals surface area (Å²) in [6.45, 7) is 6.98. The number of rotatable bonds is 4. The number of hydroxylamine groups is 2. The third-order valence-corrected chi connectivity index (χ3v) is 7.09. The molecule has 1 saturated carbocycles. The lowest BCUT2D eigenvalue weighted by atomic mass is 9.73. The highest BCUT2D eigenvalue weighted by atomic mass is 32.2. The molecule has 2 aliphatic rings. The Morgan fingerprint density at radius 1 is 1.22 bits per heavy atom. The number of sulfone groups is 1. The fourth-order valence-electron chi connectivity index (χ4n) is 4.08. The quantitative estimate of drug-likeness (QED) is 0.846. The average molecular weight is 337 g/mol. The number of hydrogen-bond acceptors (Lipinski definition) is 4. The Kier molecular flexibility index (Phi) is 4.55. The second-order valence-corrected chi connectivity index (χ2v) is 9.67. The zero-order valence-electron chi connectivity index (χ0n) is 14.2. The van der Waals surface area contributed by atoms with Gasteiger partial charge in [0.2, 0.25) is 0 Å². The molecule has 0 radical (unpaired) electrons. The average Bonchev–Trinajstić information content (AvgIpc) is 2.76. The predicted molar refractivity (Wildman–Crippen MR) is 90.7 cm³/mol. The Hall–Kier alpha value is -0.910. The lowest BCUT2D eigenvalue weighted by Crippen LogP contribution is -2.40. The van der Waals surface area contributed by atoms with Gasteiger partial charge in [-0.1, -0.05) is 31.5 Å². The SMILES string of the molecule is C[C@H]1CC[C@H]2[C@H](C1)N(CCS(=O)(=O)c1ccccc1)OC2(C)C. The molecular weight excluding hydrogens is 310 g/mol. The van der Waals surface area contributed by atoms with Crippen LogP contribution >= 0.6 is 0 Å². The molecule has 23 heavy (non-hydrogen) atoms. The zero-order valence-corrected chi connectivity index (χ0v) is 15.1. The van der Waals surface area contributed by atoms with E-state index in [0.29, 0.717) is 29.3 Å². The van der Waals surface area contributed by atoms with Gasteiger partial charge in [-0.25, -0.2) is 8.42 Å². The molecule has 3 rings (SSSR count). The van der Waals surface area contributed by atoms with Crippen LogP contribution in [-0.2, 0) is 14.7 Å². The van der Waals surface area contributed by atoms with Crippen LogP contribution in [0.4, 0.5) is 0 Å². The van der Waals surface area contributed by atoms with Crippen LogP contribution in [0.25, 0.3) is 0 Å². The van der Waals surface area contributed by atoms with Crippen molar-refractivity contribution in [3.05, 3.63) is 30.3 Å². The van der Waals surface area contributed by atoms with Crippen LogP contribution in [0.1, 0.15) is 40.0 Å². The summed E-state index contributed by atoms with van der Waals surface area (Å²) in [5, 5.41) is 1.96. The van der Waals surface area contributed by atoms with Crippen molar-refractivity contribution in [1.29, 1.82) is 0 Å². The molecule has 128 valence electrons. The highest BCUT2D eigenvalue weighted by Gasteiger charge is 2.50. The molecule has 1 aromatic rings. The monoisotopic (exact) mass is 337 g/mol. The molecule has 0 aromatic heterocycles. The highest BCUT2D eigenvalue weighted by Crippen LogP contribution is 2.45. The first kappa shape index (κ1) is 16.9. The first-order valence-electron chi connectivity index (χ1n) is 8.53. The van der Waals surface area contributed by atoms with Crippen LogP contribution in [0.15, 0.2) is 35.2 Å². The Balaban J connectivity index is 1.70.